The van der Waals surface area contributed by atoms with Crippen molar-refractivity contribution in [2.24, 2.45) is 56.7 Å². The molecular weight excluding hydrogens is 516 g/mol. The van der Waals surface area contributed by atoms with E-state index in [2.05, 4.69) is 47.6 Å². The van der Waals surface area contributed by atoms with E-state index < -0.39 is 29.2 Å². The smallest absolute Gasteiger partial charge is 0.333 e. The van der Waals surface area contributed by atoms with Crippen LogP contribution in [0.4, 0.5) is 0 Å². The third-order valence-corrected chi connectivity index (χ3v) is 14.9. The summed E-state index contributed by atoms with van der Waals surface area (Å²) in [5.41, 5.74) is 0.306. The minimum Gasteiger partial charge on any atom is -0.481 e. The van der Waals surface area contributed by atoms with Gasteiger partial charge in [-0.25, -0.2) is 4.79 Å². The molecule has 7 rings (SSSR count). The van der Waals surface area contributed by atoms with Gasteiger partial charge in [0.1, 0.15) is 11.5 Å². The van der Waals surface area contributed by atoms with Crippen molar-refractivity contribution >= 4 is 11.9 Å². The van der Waals surface area contributed by atoms with Crippen LogP contribution in [0.1, 0.15) is 107 Å². The van der Waals surface area contributed by atoms with Crippen LogP contribution < -0.4 is 0 Å². The van der Waals surface area contributed by atoms with Gasteiger partial charge in [0.25, 0.3) is 0 Å². The number of esters is 1. The lowest BCUT2D eigenvalue weighted by atomic mass is 9.32. The number of rotatable bonds is 3. The molecule has 41 heavy (non-hydrogen) atoms. The SMILES string of the molecule is CC=C(C)C(=O)O[C@@H]1C[C@@H](C)[C@H](C)[C@H]2C3=CC[C@@H]4[C@]56CC[C@@](O)(OC5)C(C)(C)[C@H]6CC[C@@]4(C)[C@]3(C)CC[C@]21C(=O)O. The Morgan fingerprint density at radius 1 is 1.05 bits per heavy atom. The van der Waals surface area contributed by atoms with Crippen molar-refractivity contribution in [3.63, 3.8) is 0 Å². The number of carboxylic acids is 1. The molecular formula is C35H52O6. The second-order valence-electron chi connectivity index (χ2n) is 16.1. The number of carboxylic acid groups (broad SMARTS) is 1. The fourth-order valence-electron chi connectivity index (χ4n) is 11.8. The lowest BCUT2D eigenvalue weighted by molar-refractivity contribution is -0.395. The first-order valence-corrected chi connectivity index (χ1v) is 16.2. The zero-order valence-electron chi connectivity index (χ0n) is 26.5. The molecule has 5 aliphatic carbocycles. The van der Waals surface area contributed by atoms with Gasteiger partial charge in [0.15, 0.2) is 5.79 Å². The van der Waals surface area contributed by atoms with Crippen molar-refractivity contribution in [1.29, 1.82) is 0 Å². The molecule has 6 heteroatoms. The number of allylic oxidation sites excluding steroid dienone is 3. The second kappa shape index (κ2) is 8.94. The predicted molar refractivity (Wildman–Crippen MR) is 157 cm³/mol. The summed E-state index contributed by atoms with van der Waals surface area (Å²) in [6.45, 7) is 18.0. The van der Waals surface area contributed by atoms with Crippen molar-refractivity contribution in [3.05, 3.63) is 23.3 Å². The van der Waals surface area contributed by atoms with Gasteiger partial charge in [-0.3, -0.25) is 4.79 Å². The number of carbonyl (C=O) groups is 2. The van der Waals surface area contributed by atoms with Gasteiger partial charge in [-0.1, -0.05) is 59.3 Å². The predicted octanol–water partition coefficient (Wildman–Crippen LogP) is 6.92. The van der Waals surface area contributed by atoms with Crippen LogP contribution in [0.2, 0.25) is 0 Å². The summed E-state index contributed by atoms with van der Waals surface area (Å²) in [7, 11) is 0. The van der Waals surface area contributed by atoms with Crippen molar-refractivity contribution in [1.82, 2.24) is 0 Å². The van der Waals surface area contributed by atoms with Crippen LogP contribution >= 0.6 is 0 Å². The molecule has 4 saturated carbocycles. The molecule has 0 unspecified atom stereocenters. The van der Waals surface area contributed by atoms with Crippen LogP contribution in [0.5, 0.6) is 0 Å². The first-order valence-electron chi connectivity index (χ1n) is 16.2. The maximum atomic E-state index is 13.5. The fraction of sp³-hybridized carbons (Fsp3) is 0.829. The molecule has 2 aliphatic heterocycles. The first-order chi connectivity index (χ1) is 19.1. The van der Waals surface area contributed by atoms with Gasteiger partial charge in [-0.05, 0) is 93.3 Å². The molecule has 2 saturated heterocycles. The Labute approximate surface area is 246 Å². The van der Waals surface area contributed by atoms with Gasteiger partial charge < -0.3 is 19.7 Å². The van der Waals surface area contributed by atoms with Crippen molar-refractivity contribution in [2.45, 2.75) is 119 Å². The Morgan fingerprint density at radius 3 is 2.37 bits per heavy atom. The lowest BCUT2D eigenvalue weighted by Gasteiger charge is -2.74. The molecule has 0 aromatic carbocycles. The third kappa shape index (κ3) is 3.38. The van der Waals surface area contributed by atoms with E-state index >= 15 is 0 Å². The molecule has 6 fully saturated rings. The summed E-state index contributed by atoms with van der Waals surface area (Å²) in [4.78, 5) is 26.5. The van der Waals surface area contributed by atoms with Gasteiger partial charge in [-0.15, -0.1) is 0 Å². The van der Waals surface area contributed by atoms with E-state index in [1.54, 1.807) is 13.0 Å². The Balaban J connectivity index is 1.45. The summed E-state index contributed by atoms with van der Waals surface area (Å²) < 4.78 is 12.5. The largest absolute Gasteiger partial charge is 0.481 e. The maximum absolute atomic E-state index is 13.5. The van der Waals surface area contributed by atoms with Crippen molar-refractivity contribution in [2.75, 3.05) is 6.61 Å². The minimum absolute atomic E-state index is 0.00139. The van der Waals surface area contributed by atoms with Crippen LogP contribution in [-0.4, -0.2) is 40.6 Å². The monoisotopic (exact) mass is 568 g/mol. The van der Waals surface area contributed by atoms with Gasteiger partial charge in [0.2, 0.25) is 0 Å². The Bertz CT molecular complexity index is 1200. The van der Waals surface area contributed by atoms with Crippen LogP contribution in [0.3, 0.4) is 0 Å². The van der Waals surface area contributed by atoms with E-state index in [0.29, 0.717) is 43.3 Å². The van der Waals surface area contributed by atoms with E-state index in [0.717, 1.165) is 32.1 Å². The summed E-state index contributed by atoms with van der Waals surface area (Å²) >= 11 is 0. The molecule has 2 bridgehead atoms. The molecule has 6 nitrogen and oxygen atoms in total. The minimum atomic E-state index is -1.11. The molecule has 0 amide bonds. The first kappa shape index (κ1) is 29.4. The van der Waals surface area contributed by atoms with E-state index in [1.165, 1.54) is 5.57 Å². The van der Waals surface area contributed by atoms with Crippen LogP contribution in [0.25, 0.3) is 0 Å². The highest BCUT2D eigenvalue weighted by molar-refractivity contribution is 5.88. The van der Waals surface area contributed by atoms with E-state index in [-0.39, 0.29) is 39.4 Å². The molecule has 2 heterocycles. The second-order valence-corrected chi connectivity index (χ2v) is 16.1. The Morgan fingerprint density at radius 2 is 1.76 bits per heavy atom. The highest BCUT2D eigenvalue weighted by Crippen LogP contribution is 2.78. The molecule has 228 valence electrons. The number of aliphatic hydroxyl groups is 1. The highest BCUT2D eigenvalue weighted by atomic mass is 16.6. The normalized spacial score (nSPS) is 51.8. The topological polar surface area (TPSA) is 93.1 Å². The lowest BCUT2D eigenvalue weighted by Crippen LogP contribution is -2.73. The number of carbonyl (C=O) groups excluding carboxylic acids is 1. The van der Waals surface area contributed by atoms with Crippen LogP contribution in [0, 0.1) is 56.7 Å². The summed E-state index contributed by atoms with van der Waals surface area (Å²) in [5, 5.41) is 22.5. The molecule has 0 aromatic heterocycles. The zero-order chi connectivity index (χ0) is 30.0. The quantitative estimate of drug-likeness (QED) is 0.218. The molecule has 0 radical (unpaired) electrons. The van der Waals surface area contributed by atoms with Crippen molar-refractivity contribution in [3.8, 4) is 0 Å². The number of hydrogen-bond donors (Lipinski definition) is 2. The molecule has 1 spiro atoms. The van der Waals surface area contributed by atoms with E-state index in [1.807, 2.05) is 6.92 Å². The van der Waals surface area contributed by atoms with Gasteiger partial charge in [-0.2, -0.15) is 0 Å². The standard InChI is InChI=1S/C35H52O6/c1-9-20(2)28(36)41-26-18-21(3)22(4)27-23-10-11-25-32(8,31(23,7)14-16-34(26,27)29(37)38)13-12-24-30(5,6)35(39)17-15-33(24,25)19-40-35/h9-10,21-22,24-27,39H,11-19H2,1-8H3,(H,37,38)/t21-,22+,24-,25+,26-,27+,31-,32-,33-,34-,35-/m1/s1. The van der Waals surface area contributed by atoms with Crippen molar-refractivity contribution < 1.29 is 29.3 Å². The van der Waals surface area contributed by atoms with E-state index in [9.17, 15) is 19.8 Å². The highest BCUT2D eigenvalue weighted by Gasteiger charge is 2.75. The maximum Gasteiger partial charge on any atom is 0.333 e. The zero-order valence-corrected chi connectivity index (χ0v) is 26.5. The summed E-state index contributed by atoms with van der Waals surface area (Å²) in [5.74, 6) is -1.18. The average molecular weight is 569 g/mol. The fourth-order valence-corrected chi connectivity index (χ4v) is 11.8. The summed E-state index contributed by atoms with van der Waals surface area (Å²) in [6.07, 6.45) is 10.2. The number of aliphatic carboxylic acids is 1. The summed E-state index contributed by atoms with van der Waals surface area (Å²) in [6, 6.07) is 0. The van der Waals surface area contributed by atoms with Gasteiger partial charge >= 0.3 is 11.9 Å². The molecule has 7 aliphatic rings. The number of ether oxygens (including phenoxy) is 2. The number of hydrogen-bond acceptors (Lipinski definition) is 5. The van der Waals surface area contributed by atoms with E-state index in [4.69, 9.17) is 9.47 Å². The van der Waals surface area contributed by atoms with Gasteiger partial charge in [0, 0.05) is 28.7 Å². The molecule has 11 atom stereocenters. The molecule has 2 N–H and O–H groups in total. The Kier molecular flexibility index (Phi) is 6.41. The molecule has 0 aromatic rings. The average Bonchev–Trinajstić information content (AvgIpc) is 2.91. The number of fused-ring (bicyclic) bond motifs is 7. The third-order valence-electron chi connectivity index (χ3n) is 14.9. The van der Waals surface area contributed by atoms with Crippen LogP contribution in [0.15, 0.2) is 23.3 Å². The van der Waals surface area contributed by atoms with Crippen LogP contribution in [-0.2, 0) is 19.1 Å². The van der Waals surface area contributed by atoms with Gasteiger partial charge in [0.05, 0.1) is 6.61 Å². The Hall–Kier alpha value is -1.66.